The average molecular weight is 951 g/mol. The Kier molecular flexibility index (Phi) is 30.7. The van der Waals surface area contributed by atoms with Crippen LogP contribution in [-0.4, -0.2) is 158 Å². The van der Waals surface area contributed by atoms with E-state index in [4.69, 9.17) is 28.4 Å². The van der Waals surface area contributed by atoms with Crippen LogP contribution in [0.1, 0.15) is 194 Å². The van der Waals surface area contributed by atoms with Crippen LogP contribution in [0.4, 0.5) is 0 Å². The highest BCUT2D eigenvalue weighted by molar-refractivity contribution is 5.67. The normalized spacial score (nSPS) is 32.9. The van der Waals surface area contributed by atoms with Gasteiger partial charge in [-0.1, -0.05) is 168 Å². The SMILES string of the molecule is CCCCCCCCCCCCCCC(CCCCCCCCCCCCCC)CO[C@@H]1OC(CO)[C@@H](O[C@@H]2OC(C)[C@@H](O)C(O)C2O)C(O[C@@H]2OC(CO)[C@H](O)C(CC(=O)O)[C@@H]2O)[C@@H]1O. The second-order valence-electron chi connectivity index (χ2n) is 19.6. The van der Waals surface area contributed by atoms with Gasteiger partial charge in [0.25, 0.3) is 0 Å². The van der Waals surface area contributed by atoms with Crippen LogP contribution >= 0.6 is 0 Å². The predicted molar refractivity (Wildman–Crippen MR) is 248 cm³/mol. The summed E-state index contributed by atoms with van der Waals surface area (Å²) in [5.41, 5.74) is 0. The fourth-order valence-electron chi connectivity index (χ4n) is 9.74. The van der Waals surface area contributed by atoms with Crippen molar-refractivity contribution in [2.45, 2.75) is 280 Å². The number of hydrogen-bond donors (Lipinski definition) is 9. The van der Waals surface area contributed by atoms with Crippen molar-refractivity contribution in [3.63, 3.8) is 0 Å². The van der Waals surface area contributed by atoms with Crippen LogP contribution in [0.3, 0.4) is 0 Å². The monoisotopic (exact) mass is 951 g/mol. The summed E-state index contributed by atoms with van der Waals surface area (Å²) < 4.78 is 36.2. The lowest BCUT2D eigenvalue weighted by Gasteiger charge is -2.49. The number of rotatable bonds is 37. The molecule has 0 aromatic heterocycles. The lowest BCUT2D eigenvalue weighted by molar-refractivity contribution is -0.384. The van der Waals surface area contributed by atoms with Crippen molar-refractivity contribution in [2.24, 2.45) is 11.8 Å². The molecule has 3 fully saturated rings. The molecule has 3 aliphatic rings. The van der Waals surface area contributed by atoms with E-state index in [2.05, 4.69) is 13.8 Å². The first kappa shape index (κ1) is 59.2. The Labute approximate surface area is 396 Å². The van der Waals surface area contributed by atoms with Gasteiger partial charge in [-0.3, -0.25) is 4.79 Å². The Morgan fingerprint density at radius 3 is 1.36 bits per heavy atom. The van der Waals surface area contributed by atoms with Crippen molar-refractivity contribution in [3.05, 3.63) is 0 Å². The Hall–Kier alpha value is -1.09. The molecule has 0 amide bonds. The van der Waals surface area contributed by atoms with Crippen molar-refractivity contribution in [1.29, 1.82) is 0 Å². The van der Waals surface area contributed by atoms with E-state index in [1.807, 2.05) is 0 Å². The second-order valence-corrected chi connectivity index (χ2v) is 19.6. The van der Waals surface area contributed by atoms with Gasteiger partial charge in [-0.2, -0.15) is 0 Å². The predicted octanol–water partition coefficient (Wildman–Crippen LogP) is 6.01. The third-order valence-electron chi connectivity index (χ3n) is 14.0. The number of aliphatic hydroxyl groups excluding tert-OH is 8. The van der Waals surface area contributed by atoms with Crippen LogP contribution in [0.2, 0.25) is 0 Å². The number of aliphatic hydroxyl groups is 8. The number of aliphatic carboxylic acids is 1. The molecule has 66 heavy (non-hydrogen) atoms. The summed E-state index contributed by atoms with van der Waals surface area (Å²) >= 11 is 0. The molecule has 3 heterocycles. The minimum atomic E-state index is -1.77. The highest BCUT2D eigenvalue weighted by Crippen LogP contribution is 2.36. The smallest absolute Gasteiger partial charge is 0.303 e. The van der Waals surface area contributed by atoms with E-state index in [9.17, 15) is 50.8 Å². The van der Waals surface area contributed by atoms with E-state index >= 15 is 0 Å². The molecule has 0 spiro atoms. The van der Waals surface area contributed by atoms with Gasteiger partial charge in [0.05, 0.1) is 38.4 Å². The molecule has 0 aromatic rings. The second kappa shape index (κ2) is 34.3. The van der Waals surface area contributed by atoms with Crippen molar-refractivity contribution < 1.29 is 79.2 Å². The average Bonchev–Trinajstić information content (AvgIpc) is 3.30. The standard InChI is InChI=1S/C50H94O16/c1-4-6-8-10-12-14-16-18-20-22-24-26-28-35(29-27-25-23-21-19-17-15-13-11-9-7-5-2)33-61-48-45(60)47(66-49-42(57)36(30-39(53)54)41(56)37(31-51)63-49)46(38(32-52)64-48)65-50-44(59)43(58)40(55)34(3)62-50/h34-38,40-52,55-60H,4-33H2,1-3H3,(H,53,54)/t34?,36?,37?,38?,40-,41-,42+,43?,44?,45+,46-,47?,48-,49+,50+/m1/s1. The number of carbonyl (C=O) groups is 1. The lowest BCUT2D eigenvalue weighted by Crippen LogP contribution is -2.66. The summed E-state index contributed by atoms with van der Waals surface area (Å²) in [6, 6.07) is 0. The molecule has 390 valence electrons. The Morgan fingerprint density at radius 1 is 0.485 bits per heavy atom. The summed E-state index contributed by atoms with van der Waals surface area (Å²) in [5.74, 6) is -2.51. The van der Waals surface area contributed by atoms with Gasteiger partial charge in [0.2, 0.25) is 0 Å². The molecule has 0 aromatic carbocycles. The molecule has 0 saturated carbocycles. The first-order chi connectivity index (χ1) is 31.9. The van der Waals surface area contributed by atoms with E-state index in [-0.39, 0.29) is 12.5 Å². The maximum Gasteiger partial charge on any atom is 0.303 e. The zero-order valence-electron chi connectivity index (χ0n) is 40.8. The molecule has 16 nitrogen and oxygen atoms in total. The first-order valence-electron chi connectivity index (χ1n) is 26.3. The van der Waals surface area contributed by atoms with Crippen LogP contribution in [0, 0.1) is 11.8 Å². The minimum Gasteiger partial charge on any atom is -0.481 e. The molecule has 0 radical (unpaired) electrons. The number of carboxylic acid groups (broad SMARTS) is 1. The summed E-state index contributed by atoms with van der Waals surface area (Å²) in [7, 11) is 0. The van der Waals surface area contributed by atoms with Gasteiger partial charge in [0, 0.05) is 5.92 Å². The van der Waals surface area contributed by atoms with E-state index in [1.165, 1.54) is 135 Å². The topological polar surface area (TPSA) is 255 Å². The van der Waals surface area contributed by atoms with E-state index < -0.39 is 118 Å². The van der Waals surface area contributed by atoms with E-state index in [0.29, 0.717) is 0 Å². The molecule has 3 aliphatic heterocycles. The van der Waals surface area contributed by atoms with Gasteiger partial charge in [-0.15, -0.1) is 0 Å². The lowest BCUT2D eigenvalue weighted by atomic mass is 9.86. The Morgan fingerprint density at radius 2 is 0.909 bits per heavy atom. The highest BCUT2D eigenvalue weighted by Gasteiger charge is 2.54. The maximum atomic E-state index is 12.0. The van der Waals surface area contributed by atoms with Crippen LogP contribution in [0.5, 0.6) is 0 Å². The van der Waals surface area contributed by atoms with Gasteiger partial charge in [0.15, 0.2) is 18.9 Å². The van der Waals surface area contributed by atoms with Crippen LogP contribution < -0.4 is 0 Å². The number of carboxylic acids is 1. The van der Waals surface area contributed by atoms with Crippen molar-refractivity contribution in [3.8, 4) is 0 Å². The van der Waals surface area contributed by atoms with Gasteiger partial charge >= 0.3 is 5.97 Å². The zero-order chi connectivity index (χ0) is 48.3. The van der Waals surface area contributed by atoms with E-state index in [1.54, 1.807) is 0 Å². The number of ether oxygens (including phenoxy) is 6. The van der Waals surface area contributed by atoms with Crippen molar-refractivity contribution >= 4 is 5.97 Å². The molecule has 0 aliphatic carbocycles. The van der Waals surface area contributed by atoms with Gasteiger partial charge in [-0.25, -0.2) is 0 Å². The van der Waals surface area contributed by atoms with Crippen molar-refractivity contribution in [2.75, 3.05) is 19.8 Å². The first-order valence-corrected chi connectivity index (χ1v) is 26.3. The van der Waals surface area contributed by atoms with Crippen LogP contribution in [-0.2, 0) is 33.2 Å². The van der Waals surface area contributed by atoms with Gasteiger partial charge < -0.3 is 74.4 Å². The Bertz CT molecular complexity index is 1190. The fourth-order valence-corrected chi connectivity index (χ4v) is 9.74. The third-order valence-corrected chi connectivity index (χ3v) is 14.0. The van der Waals surface area contributed by atoms with Crippen molar-refractivity contribution in [1.82, 2.24) is 0 Å². The van der Waals surface area contributed by atoms with Gasteiger partial charge in [0.1, 0.15) is 54.9 Å². The minimum absolute atomic E-state index is 0.153. The fraction of sp³-hybridized carbons (Fsp3) is 0.980. The van der Waals surface area contributed by atoms with E-state index in [0.717, 1.165) is 38.5 Å². The molecule has 15 atom stereocenters. The molecule has 3 saturated heterocycles. The zero-order valence-corrected chi connectivity index (χ0v) is 40.8. The quantitative estimate of drug-likeness (QED) is 0.0324. The highest BCUT2D eigenvalue weighted by atomic mass is 16.8. The maximum absolute atomic E-state index is 12.0. The largest absolute Gasteiger partial charge is 0.481 e. The molecule has 3 rings (SSSR count). The molecular formula is C50H94O16. The molecule has 16 heteroatoms. The molecule has 9 N–H and O–H groups in total. The molecule has 7 unspecified atom stereocenters. The summed E-state index contributed by atoms with van der Waals surface area (Å²) in [6.45, 7) is 4.74. The summed E-state index contributed by atoms with van der Waals surface area (Å²) in [4.78, 5) is 11.7. The molecular weight excluding hydrogens is 857 g/mol. The number of hydrogen-bond acceptors (Lipinski definition) is 15. The third kappa shape index (κ3) is 20.7. The number of unbranched alkanes of at least 4 members (excludes halogenated alkanes) is 22. The molecule has 0 bridgehead atoms. The summed E-state index contributed by atoms with van der Waals surface area (Å²) in [6.07, 6.45) is 9.85. The van der Waals surface area contributed by atoms with Crippen LogP contribution in [0.25, 0.3) is 0 Å². The summed E-state index contributed by atoms with van der Waals surface area (Å²) in [5, 5.41) is 96.0. The Balaban J connectivity index is 1.70. The van der Waals surface area contributed by atoms with Crippen LogP contribution in [0.15, 0.2) is 0 Å². The van der Waals surface area contributed by atoms with Gasteiger partial charge in [-0.05, 0) is 25.7 Å².